The number of rotatable bonds is 7. The number of imidazole rings is 1. The summed E-state index contributed by atoms with van der Waals surface area (Å²) in [6, 6.07) is 23.7. The second-order valence-corrected chi connectivity index (χ2v) is 11.4. The van der Waals surface area contributed by atoms with E-state index in [1.54, 1.807) is 6.20 Å². The van der Waals surface area contributed by atoms with E-state index in [9.17, 15) is 0 Å². The van der Waals surface area contributed by atoms with Crippen LogP contribution in [0.4, 0.5) is 0 Å². The Labute approximate surface area is 246 Å². The minimum absolute atomic E-state index is 0.437. The van der Waals surface area contributed by atoms with Crippen molar-refractivity contribution in [1.29, 1.82) is 0 Å². The van der Waals surface area contributed by atoms with Crippen molar-refractivity contribution in [2.45, 2.75) is 46.0 Å². The van der Waals surface area contributed by atoms with E-state index in [0.717, 1.165) is 56.1 Å². The lowest BCUT2D eigenvalue weighted by Crippen LogP contribution is -2.28. The maximum Gasteiger partial charge on any atom is 0.0945 e. The minimum Gasteiger partial charge on any atom is -0.337 e. The van der Waals surface area contributed by atoms with Gasteiger partial charge in [-0.05, 0) is 79.3 Å². The van der Waals surface area contributed by atoms with Gasteiger partial charge in [0.2, 0.25) is 0 Å². The van der Waals surface area contributed by atoms with Crippen LogP contribution in [0.1, 0.15) is 58.6 Å². The molecule has 0 N–H and O–H groups in total. The summed E-state index contributed by atoms with van der Waals surface area (Å²) in [6.07, 6.45) is 9.10. The highest BCUT2D eigenvalue weighted by molar-refractivity contribution is 6.36. The van der Waals surface area contributed by atoms with Crippen molar-refractivity contribution in [3.63, 3.8) is 0 Å². The Morgan fingerprint density at radius 2 is 1.71 bits per heavy atom. The van der Waals surface area contributed by atoms with Crippen LogP contribution in [0.5, 0.6) is 0 Å². The maximum absolute atomic E-state index is 7.33. The molecule has 0 saturated carbocycles. The Hall–Kier alpha value is -4.22. The van der Waals surface area contributed by atoms with E-state index in [2.05, 4.69) is 110 Å². The monoisotopic (exact) mass is 559 g/mol. The molecule has 3 aromatic heterocycles. The molecule has 3 heterocycles. The number of halogens is 1. The molecule has 0 aliphatic rings. The summed E-state index contributed by atoms with van der Waals surface area (Å²) in [5.41, 5.74) is 10.7. The second-order valence-electron chi connectivity index (χ2n) is 11.1. The lowest BCUT2D eigenvalue weighted by molar-refractivity contribution is 0.626. The van der Waals surface area contributed by atoms with Crippen LogP contribution in [0.3, 0.4) is 0 Å². The molecule has 0 aliphatic carbocycles. The standard InChI is InChI=1S/C35H34ClN5/c1-6-31-29(19-25-10-14-28(15-11-25)41-17-7-16-38-41)33(36)30-20-27(18-24(3)34(30)39-31)35(4,32-21-37-22-40(32)5)26-12-8-23(2)9-13-26/h7-18,20-22H,6,19H2,1-5H3. The minimum atomic E-state index is -0.437. The van der Waals surface area contributed by atoms with Crippen LogP contribution < -0.4 is 0 Å². The average Bonchev–Trinajstić information content (AvgIpc) is 3.67. The zero-order chi connectivity index (χ0) is 28.7. The first-order chi connectivity index (χ1) is 19.8. The smallest absolute Gasteiger partial charge is 0.0945 e. The Morgan fingerprint density at radius 3 is 2.34 bits per heavy atom. The van der Waals surface area contributed by atoms with Gasteiger partial charge in [0.25, 0.3) is 0 Å². The van der Waals surface area contributed by atoms with Gasteiger partial charge in [-0.15, -0.1) is 0 Å². The molecular formula is C35H34ClN5. The van der Waals surface area contributed by atoms with Crippen LogP contribution in [0.15, 0.2) is 91.6 Å². The van der Waals surface area contributed by atoms with E-state index in [1.165, 1.54) is 16.7 Å². The average molecular weight is 560 g/mol. The van der Waals surface area contributed by atoms with Gasteiger partial charge in [0.1, 0.15) is 0 Å². The maximum atomic E-state index is 7.33. The van der Waals surface area contributed by atoms with Crippen molar-refractivity contribution in [2.24, 2.45) is 7.05 Å². The molecule has 0 aliphatic heterocycles. The van der Waals surface area contributed by atoms with Crippen molar-refractivity contribution in [3.8, 4) is 5.69 Å². The summed E-state index contributed by atoms with van der Waals surface area (Å²) in [4.78, 5) is 9.66. The van der Waals surface area contributed by atoms with E-state index < -0.39 is 5.41 Å². The Bertz CT molecular complexity index is 1830. The lowest BCUT2D eigenvalue weighted by atomic mass is 9.72. The van der Waals surface area contributed by atoms with Gasteiger partial charge in [-0.25, -0.2) is 9.67 Å². The van der Waals surface area contributed by atoms with Gasteiger partial charge in [-0.2, -0.15) is 5.10 Å². The molecule has 0 saturated heterocycles. The number of hydrogen-bond acceptors (Lipinski definition) is 3. The number of nitrogens with zero attached hydrogens (tertiary/aromatic N) is 5. The molecule has 0 fully saturated rings. The number of pyridine rings is 1. The summed E-state index contributed by atoms with van der Waals surface area (Å²) in [5.74, 6) is 0. The number of aromatic nitrogens is 5. The van der Waals surface area contributed by atoms with E-state index >= 15 is 0 Å². The SMILES string of the molecule is CCc1nc2c(C)cc(C(C)(c3ccc(C)cc3)c3cncn3C)cc2c(Cl)c1Cc1ccc(-n2cccn2)cc1. The summed E-state index contributed by atoms with van der Waals surface area (Å²) in [6.45, 7) is 8.68. The van der Waals surface area contributed by atoms with Gasteiger partial charge in [0, 0.05) is 43.1 Å². The Morgan fingerprint density at radius 1 is 0.951 bits per heavy atom. The molecule has 5 nitrogen and oxygen atoms in total. The second kappa shape index (κ2) is 10.6. The first kappa shape index (κ1) is 27.0. The fourth-order valence-electron chi connectivity index (χ4n) is 5.93. The Kier molecular flexibility index (Phi) is 7.00. The molecule has 1 atom stereocenters. The number of hydrogen-bond donors (Lipinski definition) is 0. The van der Waals surface area contributed by atoms with Gasteiger partial charge >= 0.3 is 0 Å². The van der Waals surface area contributed by atoms with Crippen LogP contribution in [0, 0.1) is 13.8 Å². The van der Waals surface area contributed by atoms with Crippen LogP contribution in [0.25, 0.3) is 16.6 Å². The molecule has 0 spiro atoms. The largest absolute Gasteiger partial charge is 0.337 e. The molecule has 0 amide bonds. The summed E-state index contributed by atoms with van der Waals surface area (Å²) < 4.78 is 3.97. The predicted octanol–water partition coefficient (Wildman–Crippen LogP) is 7.93. The van der Waals surface area contributed by atoms with Crippen LogP contribution in [0.2, 0.25) is 5.02 Å². The van der Waals surface area contributed by atoms with E-state index in [1.807, 2.05) is 29.5 Å². The first-order valence-corrected chi connectivity index (χ1v) is 14.4. The van der Waals surface area contributed by atoms with Gasteiger partial charge < -0.3 is 4.57 Å². The van der Waals surface area contributed by atoms with Crippen molar-refractivity contribution >= 4 is 22.5 Å². The molecule has 41 heavy (non-hydrogen) atoms. The third kappa shape index (κ3) is 4.74. The van der Waals surface area contributed by atoms with Crippen molar-refractivity contribution in [3.05, 3.63) is 141 Å². The summed E-state index contributed by atoms with van der Waals surface area (Å²) >= 11 is 7.33. The molecule has 1 unspecified atom stereocenters. The third-order valence-electron chi connectivity index (χ3n) is 8.35. The molecule has 6 heteroatoms. The Balaban J connectivity index is 1.50. The van der Waals surface area contributed by atoms with Gasteiger partial charge in [0.05, 0.1) is 33.7 Å². The first-order valence-electron chi connectivity index (χ1n) is 14.0. The van der Waals surface area contributed by atoms with Crippen LogP contribution in [-0.2, 0) is 25.3 Å². The molecule has 0 radical (unpaired) electrons. The summed E-state index contributed by atoms with van der Waals surface area (Å²) in [5, 5.41) is 6.11. The van der Waals surface area contributed by atoms with E-state index in [0.29, 0.717) is 6.42 Å². The van der Waals surface area contributed by atoms with Crippen molar-refractivity contribution in [2.75, 3.05) is 0 Å². The van der Waals surface area contributed by atoms with Gasteiger partial charge in [-0.1, -0.05) is 66.6 Å². The molecule has 6 rings (SSSR count). The molecular weight excluding hydrogens is 526 g/mol. The number of aryl methyl sites for hydroxylation is 4. The zero-order valence-electron chi connectivity index (χ0n) is 24.2. The summed E-state index contributed by atoms with van der Waals surface area (Å²) in [7, 11) is 2.06. The van der Waals surface area contributed by atoms with Gasteiger partial charge in [0.15, 0.2) is 0 Å². The topological polar surface area (TPSA) is 48.5 Å². The molecule has 3 aromatic carbocycles. The van der Waals surface area contributed by atoms with E-state index in [4.69, 9.17) is 16.6 Å². The zero-order valence-corrected chi connectivity index (χ0v) is 24.9. The van der Waals surface area contributed by atoms with Crippen LogP contribution >= 0.6 is 11.6 Å². The highest BCUT2D eigenvalue weighted by atomic mass is 35.5. The fraction of sp³-hybridized carbons (Fsp3) is 0.229. The highest BCUT2D eigenvalue weighted by Crippen LogP contribution is 2.42. The number of fused-ring (bicyclic) bond motifs is 1. The quantitative estimate of drug-likeness (QED) is 0.199. The number of benzene rings is 3. The molecule has 206 valence electrons. The molecule has 0 bridgehead atoms. The predicted molar refractivity (Wildman–Crippen MR) is 167 cm³/mol. The van der Waals surface area contributed by atoms with Crippen molar-refractivity contribution in [1.82, 2.24) is 24.3 Å². The molecule has 6 aromatic rings. The van der Waals surface area contributed by atoms with E-state index in [-0.39, 0.29) is 0 Å². The third-order valence-corrected chi connectivity index (χ3v) is 8.79. The fourth-order valence-corrected chi connectivity index (χ4v) is 6.25. The van der Waals surface area contributed by atoms with Gasteiger partial charge in [-0.3, -0.25) is 4.98 Å². The highest BCUT2D eigenvalue weighted by Gasteiger charge is 2.34. The lowest BCUT2D eigenvalue weighted by Gasteiger charge is -2.32. The normalized spacial score (nSPS) is 13.0. The van der Waals surface area contributed by atoms with Crippen LogP contribution in [-0.4, -0.2) is 24.3 Å². The van der Waals surface area contributed by atoms with Crippen molar-refractivity contribution < 1.29 is 0 Å².